The van der Waals surface area contributed by atoms with Gasteiger partial charge in [-0.15, -0.1) is 0 Å². The molecule has 2 aromatic carbocycles. The first-order valence-electron chi connectivity index (χ1n) is 8.32. The minimum absolute atomic E-state index is 0.660. The summed E-state index contributed by atoms with van der Waals surface area (Å²) in [4.78, 5) is 8.78. The van der Waals surface area contributed by atoms with E-state index in [1.54, 1.807) is 6.20 Å². The summed E-state index contributed by atoms with van der Waals surface area (Å²) in [5.41, 5.74) is 2.00. The number of aromatic nitrogens is 1. The summed E-state index contributed by atoms with van der Waals surface area (Å²) >= 11 is 0. The highest BCUT2D eigenvalue weighted by Crippen LogP contribution is 2.24. The van der Waals surface area contributed by atoms with Crippen LogP contribution in [0.3, 0.4) is 0 Å². The van der Waals surface area contributed by atoms with Crippen molar-refractivity contribution >= 4 is 22.7 Å². The van der Waals surface area contributed by atoms with E-state index in [4.69, 9.17) is 4.74 Å². The Kier molecular flexibility index (Phi) is 5.22. The van der Waals surface area contributed by atoms with Gasteiger partial charge >= 0.3 is 0 Å². The van der Waals surface area contributed by atoms with Gasteiger partial charge in [0.2, 0.25) is 0 Å². The van der Waals surface area contributed by atoms with Gasteiger partial charge in [-0.05, 0) is 54.3 Å². The molecular weight excluding hydrogens is 296 g/mol. The van der Waals surface area contributed by atoms with E-state index in [1.165, 1.54) is 0 Å². The predicted molar refractivity (Wildman–Crippen MR) is 100 cm³/mol. The summed E-state index contributed by atoms with van der Waals surface area (Å²) in [5.74, 6) is 1.57. The molecule has 0 unspecified atom stereocenters. The smallest absolute Gasteiger partial charge is 0.119 e. The molecule has 1 heterocycles. The summed E-state index contributed by atoms with van der Waals surface area (Å²) in [6.07, 6.45) is 6.61. The van der Waals surface area contributed by atoms with Crippen LogP contribution in [0.2, 0.25) is 0 Å². The highest BCUT2D eigenvalue weighted by atomic mass is 16.5. The molecule has 0 amide bonds. The normalized spacial score (nSPS) is 11.5. The summed E-state index contributed by atoms with van der Waals surface area (Å²) in [7, 11) is 0. The van der Waals surface area contributed by atoms with Crippen molar-refractivity contribution in [3.05, 3.63) is 66.5 Å². The fraction of sp³-hybridized carbons (Fsp3) is 0.238. The predicted octanol–water partition coefficient (Wildman–Crippen LogP) is 5.41. The Morgan fingerprint density at radius 2 is 1.92 bits per heavy atom. The van der Waals surface area contributed by atoms with Crippen LogP contribution in [0, 0.1) is 5.92 Å². The summed E-state index contributed by atoms with van der Waals surface area (Å²) in [6, 6.07) is 16.1. The van der Waals surface area contributed by atoms with Gasteiger partial charge in [-0.1, -0.05) is 26.0 Å². The molecule has 0 saturated carbocycles. The number of hydrogen-bond acceptors (Lipinski definition) is 3. The molecule has 122 valence electrons. The zero-order valence-corrected chi connectivity index (χ0v) is 14.1. The minimum atomic E-state index is 0.660. The Hall–Kier alpha value is -2.68. The van der Waals surface area contributed by atoms with Crippen LogP contribution in [0.4, 0.5) is 5.69 Å². The number of ether oxygens (including phenoxy) is 1. The van der Waals surface area contributed by atoms with Crippen molar-refractivity contribution in [2.45, 2.75) is 20.3 Å². The lowest BCUT2D eigenvalue weighted by Crippen LogP contribution is -2.01. The molecular formula is C21H22N2O. The van der Waals surface area contributed by atoms with Crippen molar-refractivity contribution in [2.24, 2.45) is 10.9 Å². The third kappa shape index (κ3) is 4.19. The maximum Gasteiger partial charge on any atom is 0.119 e. The van der Waals surface area contributed by atoms with Gasteiger partial charge in [-0.2, -0.15) is 0 Å². The van der Waals surface area contributed by atoms with E-state index >= 15 is 0 Å². The molecule has 1 aromatic heterocycles. The van der Waals surface area contributed by atoms with E-state index < -0.39 is 0 Å². The number of nitrogens with zero attached hydrogens (tertiary/aromatic N) is 2. The topological polar surface area (TPSA) is 34.5 Å². The zero-order chi connectivity index (χ0) is 16.8. The molecule has 0 aliphatic rings. The van der Waals surface area contributed by atoms with Crippen molar-refractivity contribution in [3.63, 3.8) is 0 Å². The molecule has 0 N–H and O–H groups in total. The van der Waals surface area contributed by atoms with Crippen molar-refractivity contribution in [3.8, 4) is 5.75 Å². The maximum absolute atomic E-state index is 5.74. The maximum atomic E-state index is 5.74. The molecule has 0 fully saturated rings. The number of hydrogen-bond donors (Lipinski definition) is 0. The van der Waals surface area contributed by atoms with Crippen LogP contribution >= 0.6 is 0 Å². The molecule has 0 aliphatic carbocycles. The van der Waals surface area contributed by atoms with Crippen LogP contribution in [0.25, 0.3) is 10.8 Å². The van der Waals surface area contributed by atoms with Gasteiger partial charge in [0, 0.05) is 29.4 Å². The van der Waals surface area contributed by atoms with E-state index in [2.05, 4.69) is 23.8 Å². The first kappa shape index (κ1) is 16.2. The van der Waals surface area contributed by atoms with E-state index in [-0.39, 0.29) is 0 Å². The van der Waals surface area contributed by atoms with Crippen LogP contribution in [0.1, 0.15) is 25.8 Å². The second-order valence-corrected chi connectivity index (χ2v) is 6.23. The SMILES string of the molecule is CC(C)CCOc1ccc(C=Nc2cccc3cnccc23)cc1. The fourth-order valence-electron chi connectivity index (χ4n) is 2.42. The van der Waals surface area contributed by atoms with Gasteiger partial charge in [-0.25, -0.2) is 0 Å². The van der Waals surface area contributed by atoms with Crippen LogP contribution in [-0.4, -0.2) is 17.8 Å². The van der Waals surface area contributed by atoms with Gasteiger partial charge in [0.05, 0.1) is 12.3 Å². The van der Waals surface area contributed by atoms with Crippen LogP contribution < -0.4 is 4.74 Å². The summed E-state index contributed by atoms with van der Waals surface area (Å²) in [6.45, 7) is 5.16. The Morgan fingerprint density at radius 3 is 2.71 bits per heavy atom. The Labute approximate surface area is 143 Å². The number of pyridine rings is 1. The Bertz CT molecular complexity index is 817. The number of rotatable bonds is 6. The molecule has 24 heavy (non-hydrogen) atoms. The van der Waals surface area contributed by atoms with Crippen molar-refractivity contribution in [2.75, 3.05) is 6.61 Å². The van der Waals surface area contributed by atoms with E-state index in [0.29, 0.717) is 5.92 Å². The van der Waals surface area contributed by atoms with Gasteiger partial charge in [-0.3, -0.25) is 9.98 Å². The summed E-state index contributed by atoms with van der Waals surface area (Å²) in [5, 5.41) is 2.21. The number of aliphatic imine (C=N–C) groups is 1. The average Bonchev–Trinajstić information content (AvgIpc) is 2.61. The second kappa shape index (κ2) is 7.73. The number of benzene rings is 2. The fourth-order valence-corrected chi connectivity index (χ4v) is 2.42. The Balaban J connectivity index is 1.70. The third-order valence-corrected chi connectivity index (χ3v) is 3.85. The van der Waals surface area contributed by atoms with Crippen LogP contribution in [-0.2, 0) is 0 Å². The van der Waals surface area contributed by atoms with Gasteiger partial charge < -0.3 is 4.74 Å². The standard InChI is InChI=1S/C21H22N2O/c1-16(2)11-13-24-19-8-6-17(7-9-19)14-23-21-5-3-4-18-15-22-12-10-20(18)21/h3-10,12,14-16H,11,13H2,1-2H3. The van der Waals surface area contributed by atoms with E-state index in [1.807, 2.05) is 60.9 Å². The first-order chi connectivity index (χ1) is 11.7. The largest absolute Gasteiger partial charge is 0.494 e. The first-order valence-corrected chi connectivity index (χ1v) is 8.32. The second-order valence-electron chi connectivity index (χ2n) is 6.23. The van der Waals surface area contributed by atoms with Crippen molar-refractivity contribution in [1.82, 2.24) is 4.98 Å². The molecule has 3 rings (SSSR count). The van der Waals surface area contributed by atoms with E-state index in [0.717, 1.165) is 40.8 Å². The minimum Gasteiger partial charge on any atom is -0.494 e. The Morgan fingerprint density at radius 1 is 1.08 bits per heavy atom. The third-order valence-electron chi connectivity index (χ3n) is 3.85. The average molecular weight is 318 g/mol. The highest BCUT2D eigenvalue weighted by molar-refractivity contribution is 5.94. The van der Waals surface area contributed by atoms with Crippen LogP contribution in [0.15, 0.2) is 65.9 Å². The van der Waals surface area contributed by atoms with Gasteiger partial charge in [0.15, 0.2) is 0 Å². The molecule has 0 atom stereocenters. The van der Waals surface area contributed by atoms with Crippen molar-refractivity contribution < 1.29 is 4.74 Å². The molecule has 0 saturated heterocycles. The van der Waals surface area contributed by atoms with Crippen LogP contribution in [0.5, 0.6) is 5.75 Å². The zero-order valence-electron chi connectivity index (χ0n) is 14.1. The summed E-state index contributed by atoms with van der Waals surface area (Å²) < 4.78 is 5.74. The lowest BCUT2D eigenvalue weighted by Gasteiger charge is -2.08. The molecule has 0 spiro atoms. The van der Waals surface area contributed by atoms with Gasteiger partial charge in [0.25, 0.3) is 0 Å². The van der Waals surface area contributed by atoms with Gasteiger partial charge in [0.1, 0.15) is 5.75 Å². The lowest BCUT2D eigenvalue weighted by molar-refractivity contribution is 0.289. The molecule has 0 aliphatic heterocycles. The number of fused-ring (bicyclic) bond motifs is 1. The highest BCUT2D eigenvalue weighted by Gasteiger charge is 1.99. The quantitative estimate of drug-likeness (QED) is 0.569. The molecule has 3 nitrogen and oxygen atoms in total. The lowest BCUT2D eigenvalue weighted by atomic mass is 10.1. The van der Waals surface area contributed by atoms with Crippen molar-refractivity contribution in [1.29, 1.82) is 0 Å². The monoisotopic (exact) mass is 318 g/mol. The molecule has 3 aromatic rings. The molecule has 0 bridgehead atoms. The van der Waals surface area contributed by atoms with E-state index in [9.17, 15) is 0 Å². The molecule has 0 radical (unpaired) electrons. The molecule has 3 heteroatoms.